The average molecular weight is 303 g/mol. The highest BCUT2D eigenvalue weighted by atomic mass is 35.5. The van der Waals surface area contributed by atoms with E-state index in [1.165, 1.54) is 0 Å². The number of benzene rings is 1. The highest BCUT2D eigenvalue weighted by molar-refractivity contribution is 6.31. The molecular formula is C16H19ClN4. The van der Waals surface area contributed by atoms with Crippen LogP contribution in [0.5, 0.6) is 0 Å². The summed E-state index contributed by atoms with van der Waals surface area (Å²) in [5.41, 5.74) is 2.20. The van der Waals surface area contributed by atoms with Crippen LogP contribution >= 0.6 is 11.6 Å². The largest absolute Gasteiger partial charge is 0.382 e. The SMILES string of the molecule is CCN(CC)CCNc1c(C#N)cnc2ccc(Cl)cc12. The van der Waals surface area contributed by atoms with Gasteiger partial charge < -0.3 is 10.2 Å². The number of nitrogens with zero attached hydrogens (tertiary/aromatic N) is 3. The third-order valence-corrected chi connectivity index (χ3v) is 3.81. The zero-order valence-corrected chi connectivity index (χ0v) is 13.1. The Morgan fingerprint density at radius 3 is 2.76 bits per heavy atom. The maximum Gasteiger partial charge on any atom is 0.103 e. The molecule has 0 fully saturated rings. The Kier molecular flexibility index (Phi) is 5.38. The van der Waals surface area contributed by atoms with Crippen molar-refractivity contribution in [2.45, 2.75) is 13.8 Å². The number of pyridine rings is 1. The summed E-state index contributed by atoms with van der Waals surface area (Å²) in [7, 11) is 0. The van der Waals surface area contributed by atoms with Gasteiger partial charge in [0.25, 0.3) is 0 Å². The number of halogens is 1. The molecule has 21 heavy (non-hydrogen) atoms. The zero-order valence-electron chi connectivity index (χ0n) is 12.4. The van der Waals surface area contributed by atoms with Crippen molar-refractivity contribution in [1.82, 2.24) is 9.88 Å². The summed E-state index contributed by atoms with van der Waals surface area (Å²) in [5.74, 6) is 0. The van der Waals surface area contributed by atoms with E-state index in [1.807, 2.05) is 18.2 Å². The molecule has 0 amide bonds. The van der Waals surface area contributed by atoms with E-state index in [2.05, 4.69) is 35.1 Å². The fraction of sp³-hybridized carbons (Fsp3) is 0.375. The average Bonchev–Trinajstić information content (AvgIpc) is 2.51. The first-order chi connectivity index (χ1) is 10.2. The van der Waals surface area contributed by atoms with E-state index in [0.29, 0.717) is 10.6 Å². The Hall–Kier alpha value is -1.83. The number of hydrogen-bond acceptors (Lipinski definition) is 4. The van der Waals surface area contributed by atoms with Crippen molar-refractivity contribution in [1.29, 1.82) is 5.26 Å². The molecule has 0 spiro atoms. The van der Waals surface area contributed by atoms with Gasteiger partial charge in [-0.1, -0.05) is 25.4 Å². The summed E-state index contributed by atoms with van der Waals surface area (Å²) in [6.07, 6.45) is 1.61. The van der Waals surface area contributed by atoms with Crippen molar-refractivity contribution in [2.75, 3.05) is 31.5 Å². The molecule has 1 aromatic carbocycles. The summed E-state index contributed by atoms with van der Waals surface area (Å²) < 4.78 is 0. The molecular weight excluding hydrogens is 284 g/mol. The molecule has 0 saturated heterocycles. The molecule has 0 aliphatic carbocycles. The summed E-state index contributed by atoms with van der Waals surface area (Å²) in [6, 6.07) is 7.72. The Morgan fingerprint density at radius 2 is 2.10 bits per heavy atom. The molecule has 0 aliphatic heterocycles. The van der Waals surface area contributed by atoms with Gasteiger partial charge in [-0.2, -0.15) is 5.26 Å². The second-order valence-corrected chi connectivity index (χ2v) is 5.21. The first kappa shape index (κ1) is 15.6. The fourth-order valence-corrected chi connectivity index (χ4v) is 2.49. The molecule has 0 atom stereocenters. The lowest BCUT2D eigenvalue weighted by molar-refractivity contribution is 0.316. The van der Waals surface area contributed by atoms with Gasteiger partial charge in [0.05, 0.1) is 16.8 Å². The molecule has 0 radical (unpaired) electrons. The molecule has 1 heterocycles. The minimum Gasteiger partial charge on any atom is -0.382 e. The summed E-state index contributed by atoms with van der Waals surface area (Å²) >= 11 is 6.07. The van der Waals surface area contributed by atoms with E-state index >= 15 is 0 Å². The maximum absolute atomic E-state index is 9.27. The quantitative estimate of drug-likeness (QED) is 0.887. The van der Waals surface area contributed by atoms with Crippen LogP contribution < -0.4 is 5.32 Å². The monoisotopic (exact) mass is 302 g/mol. The standard InChI is InChI=1S/C16H19ClN4/c1-3-21(4-2)8-7-19-16-12(10-18)11-20-15-6-5-13(17)9-14(15)16/h5-6,9,11H,3-4,7-8H2,1-2H3,(H,19,20). The Labute approximate surface area is 130 Å². The van der Waals surface area contributed by atoms with Gasteiger partial charge in [0.2, 0.25) is 0 Å². The van der Waals surface area contributed by atoms with Crippen LogP contribution in [0.3, 0.4) is 0 Å². The number of rotatable bonds is 6. The van der Waals surface area contributed by atoms with Crippen molar-refractivity contribution in [3.8, 4) is 6.07 Å². The molecule has 0 unspecified atom stereocenters. The van der Waals surface area contributed by atoms with Gasteiger partial charge in [-0.15, -0.1) is 0 Å². The lowest BCUT2D eigenvalue weighted by atomic mass is 10.1. The van der Waals surface area contributed by atoms with Gasteiger partial charge in [0, 0.05) is 29.7 Å². The smallest absolute Gasteiger partial charge is 0.103 e. The summed E-state index contributed by atoms with van der Waals surface area (Å²) in [6.45, 7) is 8.04. The second-order valence-electron chi connectivity index (χ2n) is 4.77. The predicted molar refractivity (Wildman–Crippen MR) is 87.7 cm³/mol. The highest BCUT2D eigenvalue weighted by Crippen LogP contribution is 2.27. The van der Waals surface area contributed by atoms with Crippen LogP contribution in [0.1, 0.15) is 19.4 Å². The Balaban J connectivity index is 2.28. The molecule has 0 saturated carbocycles. The molecule has 1 aromatic heterocycles. The lowest BCUT2D eigenvalue weighted by Gasteiger charge is -2.19. The van der Waals surface area contributed by atoms with Crippen molar-refractivity contribution in [3.63, 3.8) is 0 Å². The Bertz CT molecular complexity index is 659. The highest BCUT2D eigenvalue weighted by Gasteiger charge is 2.09. The van der Waals surface area contributed by atoms with Crippen LogP contribution in [0.2, 0.25) is 5.02 Å². The van der Waals surface area contributed by atoms with Crippen LogP contribution in [0, 0.1) is 11.3 Å². The van der Waals surface area contributed by atoms with Gasteiger partial charge in [0.15, 0.2) is 0 Å². The van der Waals surface area contributed by atoms with Crippen LogP contribution in [0.25, 0.3) is 10.9 Å². The van der Waals surface area contributed by atoms with Crippen molar-refractivity contribution < 1.29 is 0 Å². The summed E-state index contributed by atoms with van der Waals surface area (Å²) in [4.78, 5) is 6.63. The lowest BCUT2D eigenvalue weighted by Crippen LogP contribution is -2.28. The molecule has 2 aromatic rings. The number of likely N-dealkylation sites (N-methyl/N-ethyl adjacent to an activating group) is 1. The van der Waals surface area contributed by atoms with E-state index < -0.39 is 0 Å². The molecule has 110 valence electrons. The van der Waals surface area contributed by atoms with Gasteiger partial charge in [-0.3, -0.25) is 4.98 Å². The molecule has 5 heteroatoms. The predicted octanol–water partition coefficient (Wildman–Crippen LogP) is 3.51. The van der Waals surface area contributed by atoms with Crippen molar-refractivity contribution in [3.05, 3.63) is 35.0 Å². The van der Waals surface area contributed by atoms with E-state index in [4.69, 9.17) is 11.6 Å². The van der Waals surface area contributed by atoms with Crippen molar-refractivity contribution >= 4 is 28.2 Å². The van der Waals surface area contributed by atoms with E-state index in [-0.39, 0.29) is 0 Å². The number of aromatic nitrogens is 1. The Morgan fingerprint density at radius 1 is 1.33 bits per heavy atom. The first-order valence-corrected chi connectivity index (χ1v) is 7.52. The fourth-order valence-electron chi connectivity index (χ4n) is 2.32. The van der Waals surface area contributed by atoms with Gasteiger partial charge in [-0.05, 0) is 31.3 Å². The number of nitrogens with one attached hydrogen (secondary N) is 1. The number of nitriles is 1. The van der Waals surface area contributed by atoms with Crippen LogP contribution in [0.15, 0.2) is 24.4 Å². The number of fused-ring (bicyclic) bond motifs is 1. The van der Waals surface area contributed by atoms with Gasteiger partial charge in [0.1, 0.15) is 6.07 Å². The van der Waals surface area contributed by atoms with Gasteiger partial charge in [-0.25, -0.2) is 0 Å². The van der Waals surface area contributed by atoms with Crippen LogP contribution in [-0.4, -0.2) is 36.1 Å². The molecule has 0 aliphatic rings. The normalized spacial score (nSPS) is 10.8. The minimum atomic E-state index is 0.546. The summed E-state index contributed by atoms with van der Waals surface area (Å²) in [5, 5.41) is 14.2. The van der Waals surface area contributed by atoms with Crippen LogP contribution in [-0.2, 0) is 0 Å². The zero-order chi connectivity index (χ0) is 15.2. The van der Waals surface area contributed by atoms with E-state index in [9.17, 15) is 5.26 Å². The second kappa shape index (κ2) is 7.26. The topological polar surface area (TPSA) is 52.0 Å². The van der Waals surface area contributed by atoms with E-state index in [1.54, 1.807) is 6.20 Å². The first-order valence-electron chi connectivity index (χ1n) is 7.14. The third-order valence-electron chi connectivity index (χ3n) is 3.57. The molecule has 1 N–H and O–H groups in total. The van der Waals surface area contributed by atoms with Crippen LogP contribution in [0.4, 0.5) is 5.69 Å². The number of anilines is 1. The molecule has 4 nitrogen and oxygen atoms in total. The number of hydrogen-bond donors (Lipinski definition) is 1. The molecule has 0 bridgehead atoms. The molecule has 2 rings (SSSR count). The van der Waals surface area contributed by atoms with E-state index in [0.717, 1.165) is 42.8 Å². The van der Waals surface area contributed by atoms with Gasteiger partial charge >= 0.3 is 0 Å². The van der Waals surface area contributed by atoms with Crippen molar-refractivity contribution in [2.24, 2.45) is 0 Å². The third kappa shape index (κ3) is 3.63. The maximum atomic E-state index is 9.27. The minimum absolute atomic E-state index is 0.546.